The lowest BCUT2D eigenvalue weighted by molar-refractivity contribution is -0.337. The Labute approximate surface area is 103 Å². The highest BCUT2D eigenvalue weighted by atomic mass is 19.3. The van der Waals surface area contributed by atoms with E-state index in [9.17, 15) is 26.3 Å². The first-order chi connectivity index (χ1) is 8.72. The van der Waals surface area contributed by atoms with E-state index in [4.69, 9.17) is 0 Å². The molecule has 0 N–H and O–H groups in total. The van der Waals surface area contributed by atoms with Crippen LogP contribution in [0.5, 0.6) is 0 Å². The summed E-state index contributed by atoms with van der Waals surface area (Å²) in [4.78, 5) is 0. The largest absolute Gasteiger partial charge is 0.458 e. The van der Waals surface area contributed by atoms with Gasteiger partial charge in [-0.1, -0.05) is 0 Å². The summed E-state index contributed by atoms with van der Waals surface area (Å²) in [6.07, 6.45) is -6.99. The van der Waals surface area contributed by atoms with Crippen molar-refractivity contribution in [1.29, 1.82) is 0 Å². The molecule has 1 fully saturated rings. The van der Waals surface area contributed by atoms with Crippen molar-refractivity contribution in [2.75, 3.05) is 20.1 Å². The van der Waals surface area contributed by atoms with Gasteiger partial charge in [0.25, 0.3) is 11.6 Å². The fourth-order valence-corrected chi connectivity index (χ4v) is 1.05. The average molecular weight is 294 g/mol. The van der Waals surface area contributed by atoms with Gasteiger partial charge in [0.15, 0.2) is 0 Å². The second kappa shape index (κ2) is 5.49. The zero-order valence-corrected chi connectivity index (χ0v) is 9.23. The molecule has 0 aromatic rings. The Balaban J connectivity index is 2.73. The molecule has 0 atom stereocenters. The predicted molar refractivity (Wildman–Crippen MR) is 47.2 cm³/mol. The molecule has 0 amide bonds. The molecule has 1 heterocycles. The van der Waals surface area contributed by atoms with E-state index in [2.05, 4.69) is 25.5 Å². The molecule has 1 aliphatic heterocycles. The number of rotatable bonds is 5. The second-order valence-corrected chi connectivity index (χ2v) is 3.33. The average Bonchev–Trinajstić information content (AvgIpc) is 2.28. The molecule has 0 saturated carbocycles. The van der Waals surface area contributed by atoms with Gasteiger partial charge in [-0.2, -0.15) is 17.6 Å². The third kappa shape index (κ3) is 3.38. The summed E-state index contributed by atoms with van der Waals surface area (Å²) >= 11 is 0. The SMILES string of the molecule is C=C(OCF)OC(F)(F)C1(F)COC(=C(F)F)OC1. The van der Waals surface area contributed by atoms with Gasteiger partial charge in [-0.25, -0.2) is 8.78 Å². The summed E-state index contributed by atoms with van der Waals surface area (Å²) in [5.41, 5.74) is -3.56. The number of hydrogen-bond donors (Lipinski definition) is 0. The van der Waals surface area contributed by atoms with Gasteiger partial charge >= 0.3 is 18.1 Å². The van der Waals surface area contributed by atoms with Crippen LogP contribution in [-0.2, 0) is 18.9 Å². The first-order valence-electron chi connectivity index (χ1n) is 4.66. The quantitative estimate of drug-likeness (QED) is 0.577. The first kappa shape index (κ1) is 15.3. The minimum absolute atomic E-state index is 1.18. The summed E-state index contributed by atoms with van der Waals surface area (Å²) in [5, 5.41) is 0. The fraction of sp³-hybridized carbons (Fsp3) is 0.556. The van der Waals surface area contributed by atoms with Gasteiger partial charge in [-0.3, -0.25) is 0 Å². The number of ether oxygens (including phenoxy) is 4. The molecule has 4 nitrogen and oxygen atoms in total. The molecule has 0 aliphatic carbocycles. The lowest BCUT2D eigenvalue weighted by Crippen LogP contribution is -2.55. The van der Waals surface area contributed by atoms with Crippen LogP contribution < -0.4 is 0 Å². The van der Waals surface area contributed by atoms with Gasteiger partial charge in [0.2, 0.25) is 6.86 Å². The fourth-order valence-electron chi connectivity index (χ4n) is 1.05. The predicted octanol–water partition coefficient (Wildman–Crippen LogP) is 2.83. The first-order valence-corrected chi connectivity index (χ1v) is 4.66. The van der Waals surface area contributed by atoms with E-state index < -0.39 is 49.8 Å². The van der Waals surface area contributed by atoms with Crippen molar-refractivity contribution < 1.29 is 45.3 Å². The van der Waals surface area contributed by atoms with Crippen LogP contribution in [0.15, 0.2) is 24.6 Å². The topological polar surface area (TPSA) is 36.9 Å². The summed E-state index contributed by atoms with van der Waals surface area (Å²) in [7, 11) is 0. The highest BCUT2D eigenvalue weighted by molar-refractivity contribution is 4.98. The van der Waals surface area contributed by atoms with Crippen molar-refractivity contribution in [3.8, 4) is 0 Å². The second-order valence-electron chi connectivity index (χ2n) is 3.33. The molecule has 0 radical (unpaired) electrons. The molecule has 0 unspecified atom stereocenters. The van der Waals surface area contributed by atoms with E-state index in [1.165, 1.54) is 0 Å². The van der Waals surface area contributed by atoms with E-state index in [0.717, 1.165) is 0 Å². The Morgan fingerprint density at radius 2 is 1.84 bits per heavy atom. The van der Waals surface area contributed by atoms with Crippen molar-refractivity contribution in [2.24, 2.45) is 0 Å². The van der Waals surface area contributed by atoms with Gasteiger partial charge in [0.05, 0.1) is 0 Å². The maximum Gasteiger partial charge on any atom is 0.442 e. The summed E-state index contributed by atoms with van der Waals surface area (Å²) in [6.45, 7) is -1.65. The van der Waals surface area contributed by atoms with Crippen molar-refractivity contribution >= 4 is 0 Å². The summed E-state index contributed by atoms with van der Waals surface area (Å²) in [6, 6.07) is 0. The van der Waals surface area contributed by atoms with Crippen LogP contribution in [0.4, 0.5) is 26.3 Å². The number of hydrogen-bond acceptors (Lipinski definition) is 4. The Hall–Kier alpha value is -1.74. The minimum Gasteiger partial charge on any atom is -0.458 e. The third-order valence-corrected chi connectivity index (χ3v) is 2.00. The maximum absolute atomic E-state index is 13.8. The van der Waals surface area contributed by atoms with E-state index in [1.54, 1.807) is 0 Å². The molecular formula is C9H8F6O4. The Kier molecular flexibility index (Phi) is 4.43. The van der Waals surface area contributed by atoms with Crippen LogP contribution in [0.2, 0.25) is 0 Å². The normalized spacial score (nSPS) is 23.2. The molecule has 0 bridgehead atoms. The van der Waals surface area contributed by atoms with Crippen molar-refractivity contribution in [3.63, 3.8) is 0 Å². The van der Waals surface area contributed by atoms with E-state index in [1.807, 2.05) is 0 Å². The Morgan fingerprint density at radius 3 is 2.26 bits per heavy atom. The lowest BCUT2D eigenvalue weighted by Gasteiger charge is -2.35. The van der Waals surface area contributed by atoms with Gasteiger partial charge in [-0.05, 0) is 6.58 Å². The number of alkyl halides is 4. The van der Waals surface area contributed by atoms with Crippen LogP contribution >= 0.6 is 0 Å². The molecule has 10 heteroatoms. The number of halogens is 6. The Morgan fingerprint density at radius 1 is 1.32 bits per heavy atom. The van der Waals surface area contributed by atoms with E-state index in [-0.39, 0.29) is 0 Å². The minimum atomic E-state index is -4.57. The monoisotopic (exact) mass is 294 g/mol. The van der Waals surface area contributed by atoms with Crippen LogP contribution in [-0.4, -0.2) is 31.9 Å². The van der Waals surface area contributed by atoms with Gasteiger partial charge in [-0.15, -0.1) is 0 Å². The zero-order valence-electron chi connectivity index (χ0n) is 9.23. The zero-order chi connectivity index (χ0) is 14.7. The molecule has 1 aliphatic rings. The van der Waals surface area contributed by atoms with Gasteiger partial charge in [0, 0.05) is 0 Å². The molecule has 110 valence electrons. The van der Waals surface area contributed by atoms with E-state index in [0.29, 0.717) is 0 Å². The lowest BCUT2D eigenvalue weighted by atomic mass is 10.1. The van der Waals surface area contributed by atoms with Crippen molar-refractivity contribution in [3.05, 3.63) is 24.6 Å². The Bertz CT molecular complexity index is 369. The van der Waals surface area contributed by atoms with Crippen LogP contribution in [0.25, 0.3) is 0 Å². The van der Waals surface area contributed by atoms with Crippen molar-refractivity contribution in [1.82, 2.24) is 0 Å². The maximum atomic E-state index is 13.8. The van der Waals surface area contributed by atoms with Gasteiger partial charge in [0.1, 0.15) is 13.2 Å². The molecule has 0 spiro atoms. The van der Waals surface area contributed by atoms with Crippen LogP contribution in [0.1, 0.15) is 0 Å². The standard InChI is InChI=1S/C9H8F6O4/c1-5(18-4-10)19-9(14,15)8(13)2-16-7(6(11)12)17-3-8/h1-4H2. The molecule has 1 rings (SSSR count). The summed E-state index contributed by atoms with van der Waals surface area (Å²) < 4.78 is 91.7. The van der Waals surface area contributed by atoms with Gasteiger partial charge < -0.3 is 18.9 Å². The highest BCUT2D eigenvalue weighted by Crippen LogP contribution is 2.39. The molecule has 19 heavy (non-hydrogen) atoms. The van der Waals surface area contributed by atoms with E-state index >= 15 is 0 Å². The molecule has 0 aromatic heterocycles. The molecular weight excluding hydrogens is 286 g/mol. The van der Waals surface area contributed by atoms with Crippen LogP contribution in [0, 0.1) is 0 Å². The van der Waals surface area contributed by atoms with Crippen LogP contribution in [0.3, 0.4) is 0 Å². The molecule has 1 saturated heterocycles. The highest BCUT2D eigenvalue weighted by Gasteiger charge is 2.62. The molecule has 0 aromatic carbocycles. The summed E-state index contributed by atoms with van der Waals surface area (Å²) in [5.74, 6) is -2.52. The smallest absolute Gasteiger partial charge is 0.442 e. The van der Waals surface area contributed by atoms with Crippen molar-refractivity contribution in [2.45, 2.75) is 11.8 Å². The third-order valence-electron chi connectivity index (χ3n) is 2.00.